The summed E-state index contributed by atoms with van der Waals surface area (Å²) in [5.74, 6) is 0.0738. The highest BCUT2D eigenvalue weighted by molar-refractivity contribution is 8.00. The summed E-state index contributed by atoms with van der Waals surface area (Å²) in [6, 6.07) is 5.91. The Hall–Kier alpha value is -1.57. The molecule has 6 nitrogen and oxygen atoms in total. The fourth-order valence-electron chi connectivity index (χ4n) is 1.94. The van der Waals surface area contributed by atoms with Gasteiger partial charge in [0.1, 0.15) is 5.50 Å². The summed E-state index contributed by atoms with van der Waals surface area (Å²) < 4.78 is 0. The van der Waals surface area contributed by atoms with E-state index < -0.39 is 0 Å². The van der Waals surface area contributed by atoms with E-state index in [-0.39, 0.29) is 29.6 Å². The van der Waals surface area contributed by atoms with E-state index in [0.717, 1.165) is 16.8 Å². The van der Waals surface area contributed by atoms with Gasteiger partial charge in [-0.15, -0.1) is 11.8 Å². The van der Waals surface area contributed by atoms with E-state index in [1.165, 1.54) is 11.8 Å². The van der Waals surface area contributed by atoms with Gasteiger partial charge in [0.2, 0.25) is 11.8 Å². The summed E-state index contributed by atoms with van der Waals surface area (Å²) in [5.41, 5.74) is 8.37. The number of thioether (sulfide) groups is 1. The van der Waals surface area contributed by atoms with E-state index in [0.29, 0.717) is 0 Å². The molecule has 1 fully saturated rings. The SMILES string of the molecule is Cc1cc(C)cc(NC(=O)CSC2NNCC(=O)N2)c1. The zero-order valence-corrected chi connectivity index (χ0v) is 12.3. The zero-order chi connectivity index (χ0) is 14.5. The number of hydrogen-bond acceptors (Lipinski definition) is 5. The average Bonchev–Trinajstić information content (AvgIpc) is 2.35. The van der Waals surface area contributed by atoms with E-state index in [1.54, 1.807) is 0 Å². The molecule has 0 aromatic heterocycles. The number of rotatable bonds is 4. The van der Waals surface area contributed by atoms with Crippen molar-refractivity contribution in [2.45, 2.75) is 19.3 Å². The molecule has 20 heavy (non-hydrogen) atoms. The Morgan fingerprint density at radius 2 is 2.05 bits per heavy atom. The Labute approximate surface area is 122 Å². The number of aryl methyl sites for hydroxylation is 2. The van der Waals surface area contributed by atoms with Crippen LogP contribution in [-0.4, -0.2) is 29.6 Å². The van der Waals surface area contributed by atoms with Crippen molar-refractivity contribution in [2.24, 2.45) is 0 Å². The average molecular weight is 294 g/mol. The second-order valence-corrected chi connectivity index (χ2v) is 5.77. The second kappa shape index (κ2) is 6.74. The Kier molecular flexibility index (Phi) is 4.99. The van der Waals surface area contributed by atoms with Crippen LogP contribution in [0.2, 0.25) is 0 Å². The first-order valence-electron chi connectivity index (χ1n) is 6.30. The Morgan fingerprint density at radius 1 is 1.35 bits per heavy atom. The van der Waals surface area contributed by atoms with Gasteiger partial charge in [-0.3, -0.25) is 9.59 Å². The minimum atomic E-state index is -0.291. The van der Waals surface area contributed by atoms with Crippen molar-refractivity contribution >= 4 is 29.3 Å². The molecule has 1 aromatic rings. The summed E-state index contributed by atoms with van der Waals surface area (Å²) in [6.07, 6.45) is 0. The molecule has 0 saturated carbocycles. The number of hydrazine groups is 1. The molecule has 1 atom stereocenters. The zero-order valence-electron chi connectivity index (χ0n) is 11.4. The lowest BCUT2D eigenvalue weighted by Crippen LogP contribution is -2.58. The molecule has 4 N–H and O–H groups in total. The lowest BCUT2D eigenvalue weighted by molar-refractivity contribution is -0.122. The molecule has 1 aromatic carbocycles. The summed E-state index contributed by atoms with van der Waals surface area (Å²) >= 11 is 1.32. The van der Waals surface area contributed by atoms with E-state index in [9.17, 15) is 9.59 Å². The molecule has 2 rings (SSSR count). The van der Waals surface area contributed by atoms with Crippen molar-refractivity contribution in [1.29, 1.82) is 0 Å². The maximum atomic E-state index is 11.9. The van der Waals surface area contributed by atoms with E-state index >= 15 is 0 Å². The normalized spacial score (nSPS) is 18.5. The van der Waals surface area contributed by atoms with Crippen LogP contribution in [0.4, 0.5) is 5.69 Å². The number of carbonyl (C=O) groups is 2. The highest BCUT2D eigenvalue weighted by Crippen LogP contribution is 2.14. The molecule has 1 aliphatic heterocycles. The molecule has 2 amide bonds. The van der Waals surface area contributed by atoms with Gasteiger partial charge in [0, 0.05) is 5.69 Å². The van der Waals surface area contributed by atoms with Gasteiger partial charge in [0.15, 0.2) is 0 Å². The largest absolute Gasteiger partial charge is 0.330 e. The topological polar surface area (TPSA) is 82.3 Å². The van der Waals surface area contributed by atoms with Gasteiger partial charge in [-0.1, -0.05) is 6.07 Å². The number of benzene rings is 1. The van der Waals surface area contributed by atoms with Gasteiger partial charge in [0.05, 0.1) is 12.3 Å². The Morgan fingerprint density at radius 3 is 2.70 bits per heavy atom. The van der Waals surface area contributed by atoms with Gasteiger partial charge >= 0.3 is 0 Å². The van der Waals surface area contributed by atoms with Gasteiger partial charge in [0.25, 0.3) is 0 Å². The Bertz CT molecular complexity index is 501. The monoisotopic (exact) mass is 294 g/mol. The molecule has 108 valence electrons. The first-order valence-corrected chi connectivity index (χ1v) is 7.35. The molecule has 0 aliphatic carbocycles. The first-order chi connectivity index (χ1) is 9.52. The van der Waals surface area contributed by atoms with Crippen molar-refractivity contribution in [2.75, 3.05) is 17.6 Å². The van der Waals surface area contributed by atoms with Crippen molar-refractivity contribution in [3.63, 3.8) is 0 Å². The van der Waals surface area contributed by atoms with Crippen molar-refractivity contribution in [3.8, 4) is 0 Å². The Balaban J connectivity index is 1.81. The van der Waals surface area contributed by atoms with Crippen LogP contribution in [0.25, 0.3) is 0 Å². The number of anilines is 1. The standard InChI is InChI=1S/C13H18N4O2S/c1-8-3-9(2)5-10(4-8)15-12(19)7-20-13-16-11(18)6-14-17-13/h3-5,13-14,17H,6-7H2,1-2H3,(H,15,19)(H,16,18). The second-order valence-electron chi connectivity index (χ2n) is 4.68. The van der Waals surface area contributed by atoms with Gasteiger partial charge in [-0.05, 0) is 37.1 Å². The van der Waals surface area contributed by atoms with E-state index in [2.05, 4.69) is 27.6 Å². The molecule has 1 unspecified atom stereocenters. The maximum Gasteiger partial charge on any atom is 0.237 e. The van der Waals surface area contributed by atoms with Gasteiger partial charge in [-0.25, -0.2) is 10.9 Å². The molecule has 0 bridgehead atoms. The third kappa shape index (κ3) is 4.52. The third-order valence-corrected chi connectivity index (χ3v) is 3.66. The fourth-order valence-corrected chi connectivity index (χ4v) is 2.72. The molecule has 1 aliphatic rings. The number of carbonyl (C=O) groups excluding carboxylic acids is 2. The van der Waals surface area contributed by atoms with Crippen molar-refractivity contribution in [3.05, 3.63) is 29.3 Å². The maximum absolute atomic E-state index is 11.9. The van der Waals surface area contributed by atoms with E-state index in [4.69, 9.17) is 0 Å². The summed E-state index contributed by atoms with van der Waals surface area (Å²) in [6.45, 7) is 4.22. The summed E-state index contributed by atoms with van der Waals surface area (Å²) in [4.78, 5) is 23.0. The van der Waals surface area contributed by atoms with Crippen LogP contribution in [0.3, 0.4) is 0 Å². The quantitative estimate of drug-likeness (QED) is 0.649. The highest BCUT2D eigenvalue weighted by Gasteiger charge is 2.18. The van der Waals surface area contributed by atoms with Crippen LogP contribution < -0.4 is 21.5 Å². The predicted molar refractivity (Wildman–Crippen MR) is 80.1 cm³/mol. The van der Waals surface area contributed by atoms with Gasteiger partial charge < -0.3 is 10.6 Å². The van der Waals surface area contributed by atoms with Crippen molar-refractivity contribution in [1.82, 2.24) is 16.2 Å². The van der Waals surface area contributed by atoms with E-state index in [1.807, 2.05) is 26.0 Å². The molecule has 0 spiro atoms. The van der Waals surface area contributed by atoms with Gasteiger partial charge in [-0.2, -0.15) is 0 Å². The van der Waals surface area contributed by atoms with Crippen LogP contribution in [0, 0.1) is 13.8 Å². The minimum Gasteiger partial charge on any atom is -0.330 e. The van der Waals surface area contributed by atoms with Crippen LogP contribution in [-0.2, 0) is 9.59 Å². The highest BCUT2D eigenvalue weighted by atomic mass is 32.2. The molecule has 0 radical (unpaired) electrons. The molecular weight excluding hydrogens is 276 g/mol. The summed E-state index contributed by atoms with van der Waals surface area (Å²) in [5, 5.41) is 5.58. The number of nitrogens with one attached hydrogen (secondary N) is 4. The first kappa shape index (κ1) is 14.8. The smallest absolute Gasteiger partial charge is 0.237 e. The molecule has 1 heterocycles. The van der Waals surface area contributed by atoms with Crippen molar-refractivity contribution < 1.29 is 9.59 Å². The van der Waals surface area contributed by atoms with Crippen LogP contribution in [0.1, 0.15) is 11.1 Å². The lowest BCUT2D eigenvalue weighted by atomic mass is 10.1. The lowest BCUT2D eigenvalue weighted by Gasteiger charge is -2.24. The minimum absolute atomic E-state index is 0.0871. The summed E-state index contributed by atoms with van der Waals surface area (Å²) in [7, 11) is 0. The number of amides is 2. The molecule has 7 heteroatoms. The number of hydrogen-bond donors (Lipinski definition) is 4. The fraction of sp³-hybridized carbons (Fsp3) is 0.385. The van der Waals surface area contributed by atoms with Crippen LogP contribution in [0.15, 0.2) is 18.2 Å². The molecule has 1 saturated heterocycles. The molecular formula is C13H18N4O2S. The third-order valence-electron chi connectivity index (χ3n) is 2.66. The van der Waals surface area contributed by atoms with Crippen LogP contribution in [0.5, 0.6) is 0 Å². The van der Waals surface area contributed by atoms with Crippen LogP contribution >= 0.6 is 11.8 Å². The predicted octanol–water partition coefficient (Wildman–Crippen LogP) is 0.483.